The number of aromatic nitrogens is 1. The lowest BCUT2D eigenvalue weighted by Crippen LogP contribution is -2.29. The Morgan fingerprint density at radius 1 is 1.18 bits per heavy atom. The zero-order valence-corrected chi connectivity index (χ0v) is 22.4. The van der Waals surface area contributed by atoms with Crippen molar-refractivity contribution in [2.24, 2.45) is 0 Å². The molecule has 1 aliphatic rings. The highest BCUT2D eigenvalue weighted by molar-refractivity contribution is 7.17. The molecule has 1 N–H and O–H groups in total. The highest BCUT2D eigenvalue weighted by atomic mass is 32.1. The van der Waals surface area contributed by atoms with Gasteiger partial charge < -0.3 is 19.3 Å². The van der Waals surface area contributed by atoms with Crippen LogP contribution in [0.15, 0.2) is 54.6 Å². The molecule has 2 aromatic carbocycles. The largest absolute Gasteiger partial charge is 0.507 e. The smallest absolute Gasteiger partial charge is 0.350 e. The third kappa shape index (κ3) is 5.00. The second-order valence-electron chi connectivity index (χ2n) is 8.55. The van der Waals surface area contributed by atoms with Gasteiger partial charge in [0.25, 0.3) is 5.78 Å². The maximum absolute atomic E-state index is 14.4. The number of esters is 1. The molecule has 9 nitrogen and oxygen atoms in total. The van der Waals surface area contributed by atoms with Crippen LogP contribution in [0.25, 0.3) is 5.76 Å². The van der Waals surface area contributed by atoms with Crippen LogP contribution < -0.4 is 14.4 Å². The van der Waals surface area contributed by atoms with Crippen molar-refractivity contribution in [2.45, 2.75) is 19.9 Å². The van der Waals surface area contributed by atoms with Gasteiger partial charge in [-0.1, -0.05) is 42.2 Å². The van der Waals surface area contributed by atoms with Crippen LogP contribution in [0.4, 0.5) is 9.52 Å². The number of thiazole rings is 1. The summed E-state index contributed by atoms with van der Waals surface area (Å²) in [4.78, 5) is 44.7. The molecule has 2 heterocycles. The third-order valence-electron chi connectivity index (χ3n) is 6.11. The van der Waals surface area contributed by atoms with E-state index in [0.717, 1.165) is 22.3 Å². The summed E-state index contributed by atoms with van der Waals surface area (Å²) in [5.74, 6) is -3.10. The number of nitrogens with zero attached hydrogens (tertiary/aromatic N) is 2. The Morgan fingerprint density at radius 2 is 1.92 bits per heavy atom. The Bertz CT molecular complexity index is 1530. The summed E-state index contributed by atoms with van der Waals surface area (Å²) in [6, 6.07) is 7.57. The van der Waals surface area contributed by atoms with E-state index in [9.17, 15) is 23.9 Å². The summed E-state index contributed by atoms with van der Waals surface area (Å²) in [6.45, 7) is 6.96. The minimum absolute atomic E-state index is 0.0181. The first-order valence-corrected chi connectivity index (χ1v) is 12.5. The van der Waals surface area contributed by atoms with E-state index in [-0.39, 0.29) is 27.8 Å². The van der Waals surface area contributed by atoms with E-state index >= 15 is 0 Å². The fraction of sp³-hybridized carbons (Fsp3) is 0.214. The molecule has 202 valence electrons. The summed E-state index contributed by atoms with van der Waals surface area (Å²) >= 11 is 0.868. The standard InChI is InChI=1S/C28H25FN2O7S/c1-6-11-38-19-10-9-16(13-20(19)36-4)22-21(23(32)17-8-7-14(2)18(29)12-17)24(33)26(34)31(22)28-30-15(3)25(39-28)27(35)37-5/h6-10,12-13,22,32H,1,11H2,2-5H3/t22-/m1/s1. The number of benzene rings is 2. The summed E-state index contributed by atoms with van der Waals surface area (Å²) in [7, 11) is 2.65. The Kier molecular flexibility index (Phi) is 7.82. The fourth-order valence-electron chi connectivity index (χ4n) is 4.13. The quantitative estimate of drug-likeness (QED) is 0.138. The van der Waals surface area contributed by atoms with Crippen molar-refractivity contribution >= 4 is 39.9 Å². The van der Waals surface area contributed by atoms with Crippen LogP contribution in [-0.4, -0.2) is 48.6 Å². The molecule has 0 bridgehead atoms. The van der Waals surface area contributed by atoms with E-state index in [4.69, 9.17) is 14.2 Å². The van der Waals surface area contributed by atoms with Crippen LogP contribution >= 0.6 is 11.3 Å². The minimum atomic E-state index is -1.19. The number of ketones is 1. The van der Waals surface area contributed by atoms with E-state index in [2.05, 4.69) is 11.6 Å². The molecule has 1 atom stereocenters. The van der Waals surface area contributed by atoms with Crippen molar-refractivity contribution in [1.82, 2.24) is 4.98 Å². The molecule has 0 saturated carbocycles. The molecule has 0 unspecified atom stereocenters. The summed E-state index contributed by atoms with van der Waals surface area (Å²) in [6.07, 6.45) is 1.56. The number of Topliss-reactive ketones (excluding diaryl/α,β-unsaturated/α-hetero) is 1. The zero-order chi connectivity index (χ0) is 28.4. The number of halogens is 1. The average molecular weight is 553 g/mol. The van der Waals surface area contributed by atoms with Crippen molar-refractivity contribution in [3.8, 4) is 11.5 Å². The van der Waals surface area contributed by atoms with Gasteiger partial charge in [-0.15, -0.1) is 0 Å². The lowest BCUT2D eigenvalue weighted by atomic mass is 9.94. The summed E-state index contributed by atoms with van der Waals surface area (Å²) in [5.41, 5.74) is 0.756. The number of aliphatic hydroxyl groups excluding tert-OH is 1. The van der Waals surface area contributed by atoms with Crippen LogP contribution in [-0.2, 0) is 14.3 Å². The van der Waals surface area contributed by atoms with Crippen LogP contribution in [0.5, 0.6) is 11.5 Å². The van der Waals surface area contributed by atoms with Gasteiger partial charge in [-0.3, -0.25) is 14.5 Å². The van der Waals surface area contributed by atoms with Crippen molar-refractivity contribution in [3.63, 3.8) is 0 Å². The second kappa shape index (κ2) is 11.1. The minimum Gasteiger partial charge on any atom is -0.507 e. The Balaban J connectivity index is 1.96. The first-order chi connectivity index (χ1) is 18.6. The van der Waals surface area contributed by atoms with Crippen LogP contribution in [0.2, 0.25) is 0 Å². The van der Waals surface area contributed by atoms with Crippen molar-refractivity contribution < 1.29 is 38.1 Å². The lowest BCUT2D eigenvalue weighted by molar-refractivity contribution is -0.132. The molecular weight excluding hydrogens is 527 g/mol. The van der Waals surface area contributed by atoms with E-state index in [1.165, 1.54) is 26.4 Å². The predicted octanol–water partition coefficient (Wildman–Crippen LogP) is 4.89. The van der Waals surface area contributed by atoms with Crippen molar-refractivity contribution in [1.29, 1.82) is 0 Å². The molecule has 1 amide bonds. The van der Waals surface area contributed by atoms with Gasteiger partial charge in [0.05, 0.1) is 31.5 Å². The van der Waals surface area contributed by atoms with Gasteiger partial charge in [0.1, 0.15) is 23.1 Å². The molecule has 3 aromatic rings. The van der Waals surface area contributed by atoms with E-state index in [1.807, 2.05) is 0 Å². The molecule has 4 rings (SSSR count). The van der Waals surface area contributed by atoms with Gasteiger partial charge in [-0.05, 0) is 43.2 Å². The molecule has 0 aliphatic carbocycles. The van der Waals surface area contributed by atoms with Gasteiger partial charge in [0, 0.05) is 5.56 Å². The molecule has 1 aromatic heterocycles. The molecule has 39 heavy (non-hydrogen) atoms. The first-order valence-electron chi connectivity index (χ1n) is 11.7. The first kappa shape index (κ1) is 27.5. The maximum atomic E-state index is 14.4. The number of carbonyl (C=O) groups is 3. The number of aliphatic hydroxyl groups is 1. The topological polar surface area (TPSA) is 115 Å². The number of hydrogen-bond donors (Lipinski definition) is 1. The number of hydrogen-bond acceptors (Lipinski definition) is 9. The number of ether oxygens (including phenoxy) is 3. The van der Waals surface area contributed by atoms with E-state index in [1.54, 1.807) is 38.1 Å². The Morgan fingerprint density at radius 3 is 2.56 bits per heavy atom. The molecule has 1 fully saturated rings. The number of aryl methyl sites for hydroxylation is 2. The Hall–Kier alpha value is -4.51. The number of methoxy groups -OCH3 is 2. The lowest BCUT2D eigenvalue weighted by Gasteiger charge is -2.24. The van der Waals surface area contributed by atoms with Crippen molar-refractivity contribution in [3.05, 3.63) is 87.7 Å². The number of rotatable bonds is 8. The molecule has 1 saturated heterocycles. The SMILES string of the molecule is C=CCOc1ccc([C@@H]2C(=C(O)c3ccc(C)c(F)c3)C(=O)C(=O)N2c2nc(C)c(C(=O)OC)s2)cc1OC. The fourth-order valence-corrected chi connectivity index (χ4v) is 5.14. The predicted molar refractivity (Wildman–Crippen MR) is 143 cm³/mol. The van der Waals surface area contributed by atoms with Gasteiger partial charge in [0.15, 0.2) is 16.6 Å². The highest BCUT2D eigenvalue weighted by Gasteiger charge is 2.48. The molecule has 0 radical (unpaired) electrons. The third-order valence-corrected chi connectivity index (χ3v) is 7.25. The zero-order valence-electron chi connectivity index (χ0n) is 21.6. The monoisotopic (exact) mass is 552 g/mol. The van der Waals surface area contributed by atoms with Crippen LogP contribution in [0.1, 0.15) is 38.1 Å². The van der Waals surface area contributed by atoms with Crippen LogP contribution in [0.3, 0.4) is 0 Å². The normalized spacial score (nSPS) is 16.3. The average Bonchev–Trinajstić information content (AvgIpc) is 3.44. The van der Waals surface area contributed by atoms with Gasteiger partial charge in [-0.25, -0.2) is 14.2 Å². The number of anilines is 1. The maximum Gasteiger partial charge on any atom is 0.350 e. The van der Waals surface area contributed by atoms with Crippen molar-refractivity contribution in [2.75, 3.05) is 25.7 Å². The summed E-state index contributed by atoms with van der Waals surface area (Å²) < 4.78 is 30.3. The van der Waals surface area contributed by atoms with Gasteiger partial charge >= 0.3 is 11.9 Å². The highest BCUT2D eigenvalue weighted by Crippen LogP contribution is 2.45. The number of carbonyl (C=O) groups excluding carboxylic acids is 3. The Labute approximate surface area is 227 Å². The number of amides is 1. The van der Waals surface area contributed by atoms with E-state index < -0.39 is 35.3 Å². The van der Waals surface area contributed by atoms with Gasteiger partial charge in [-0.2, -0.15) is 0 Å². The molecule has 1 aliphatic heterocycles. The summed E-state index contributed by atoms with van der Waals surface area (Å²) in [5, 5.41) is 11.3. The molecular formula is C28H25FN2O7S. The second-order valence-corrected chi connectivity index (χ2v) is 9.52. The molecule has 0 spiro atoms. The van der Waals surface area contributed by atoms with Crippen LogP contribution in [0, 0.1) is 19.7 Å². The van der Waals surface area contributed by atoms with E-state index in [0.29, 0.717) is 28.3 Å². The van der Waals surface area contributed by atoms with Gasteiger partial charge in [0.2, 0.25) is 0 Å². The molecule has 11 heteroatoms.